The number of hydrogen-bond donors (Lipinski definition) is 0. The van der Waals surface area contributed by atoms with Crippen molar-refractivity contribution in [1.82, 2.24) is 15.0 Å². The van der Waals surface area contributed by atoms with Crippen LogP contribution in [0.2, 0.25) is 0 Å². The molecule has 0 radical (unpaired) electrons. The Labute approximate surface area is 288 Å². The largest absolute Gasteiger partial charge is 0.264 e. The Morgan fingerprint density at radius 3 is 1.53 bits per heavy atom. The first-order chi connectivity index (χ1) is 24.2. The van der Waals surface area contributed by atoms with E-state index in [1.54, 1.807) is 6.20 Å². The molecule has 3 aromatic heterocycles. The van der Waals surface area contributed by atoms with E-state index in [0.29, 0.717) is 5.82 Å². The third kappa shape index (κ3) is 5.69. The molecule has 0 amide bonds. The second kappa shape index (κ2) is 12.4. The number of hydrogen-bond acceptors (Lipinski definition) is 4. The minimum absolute atomic E-state index is 0.691. The van der Waals surface area contributed by atoms with Crippen molar-refractivity contribution >= 4 is 31.5 Å². The summed E-state index contributed by atoms with van der Waals surface area (Å²) in [6, 6.07) is 57.8. The molecule has 0 aliphatic rings. The lowest BCUT2D eigenvalue weighted by atomic mass is 9.99. The summed E-state index contributed by atoms with van der Waals surface area (Å²) in [5, 5.41) is 2.62. The normalized spacial score (nSPS) is 11.3. The van der Waals surface area contributed by atoms with E-state index < -0.39 is 0 Å². The molecule has 49 heavy (non-hydrogen) atoms. The highest BCUT2D eigenvalue weighted by molar-refractivity contribution is 7.25. The van der Waals surface area contributed by atoms with Crippen molar-refractivity contribution in [3.8, 4) is 67.3 Å². The second-order valence-corrected chi connectivity index (χ2v) is 13.2. The van der Waals surface area contributed by atoms with Crippen LogP contribution in [-0.4, -0.2) is 15.0 Å². The second-order valence-electron chi connectivity index (χ2n) is 12.1. The van der Waals surface area contributed by atoms with Crippen molar-refractivity contribution in [2.75, 3.05) is 0 Å². The van der Waals surface area contributed by atoms with Gasteiger partial charge >= 0.3 is 0 Å². The Morgan fingerprint density at radius 1 is 0.347 bits per heavy atom. The maximum Gasteiger partial charge on any atom is 0.160 e. The number of aromatic nitrogens is 3. The van der Waals surface area contributed by atoms with Crippen LogP contribution >= 0.6 is 11.3 Å². The van der Waals surface area contributed by atoms with Gasteiger partial charge in [0.25, 0.3) is 0 Å². The first-order valence-electron chi connectivity index (χ1n) is 16.3. The SMILES string of the molecule is c1ccc(-c2ccc(-c3cc(-c4ccc(-c5ccc6sc7ccccc7c6c5)cc4)nc(-c4ccc(-c5cccnc5)cc4)n3)cc2)cc1. The average molecular weight is 644 g/mol. The van der Waals surface area contributed by atoms with E-state index in [0.717, 1.165) is 39.2 Å². The molecule has 0 saturated heterocycles. The zero-order chi connectivity index (χ0) is 32.6. The molecule has 0 unspecified atom stereocenters. The van der Waals surface area contributed by atoms with Gasteiger partial charge < -0.3 is 0 Å². The highest BCUT2D eigenvalue weighted by Crippen LogP contribution is 2.37. The van der Waals surface area contributed by atoms with E-state index in [-0.39, 0.29) is 0 Å². The van der Waals surface area contributed by atoms with Crippen LogP contribution in [0, 0.1) is 0 Å². The topological polar surface area (TPSA) is 38.7 Å². The predicted octanol–water partition coefficient (Wildman–Crippen LogP) is 12.2. The number of rotatable bonds is 6. The summed E-state index contributed by atoms with van der Waals surface area (Å²) in [6.45, 7) is 0. The van der Waals surface area contributed by atoms with Gasteiger partial charge in [-0.3, -0.25) is 4.98 Å². The van der Waals surface area contributed by atoms with Crippen molar-refractivity contribution in [3.05, 3.63) is 176 Å². The molecule has 4 heteroatoms. The van der Waals surface area contributed by atoms with E-state index in [1.165, 1.54) is 42.4 Å². The first-order valence-corrected chi connectivity index (χ1v) is 17.1. The third-order valence-electron chi connectivity index (χ3n) is 9.04. The summed E-state index contributed by atoms with van der Waals surface area (Å²) in [5.74, 6) is 0.691. The average Bonchev–Trinajstić information content (AvgIpc) is 3.57. The number of pyridine rings is 1. The van der Waals surface area contributed by atoms with Gasteiger partial charge in [-0.05, 0) is 63.7 Å². The Hall–Kier alpha value is -6.23. The van der Waals surface area contributed by atoms with E-state index in [2.05, 4.69) is 157 Å². The molecule has 3 heterocycles. The van der Waals surface area contributed by atoms with Gasteiger partial charge in [-0.15, -0.1) is 11.3 Å². The summed E-state index contributed by atoms with van der Waals surface area (Å²) in [7, 11) is 0. The lowest BCUT2D eigenvalue weighted by molar-refractivity contribution is 1.18. The van der Waals surface area contributed by atoms with Gasteiger partial charge in [0.1, 0.15) is 0 Å². The molecule has 6 aromatic carbocycles. The molecule has 0 aliphatic carbocycles. The van der Waals surface area contributed by atoms with Crippen molar-refractivity contribution < 1.29 is 0 Å². The van der Waals surface area contributed by atoms with Gasteiger partial charge in [-0.1, -0.05) is 133 Å². The molecule has 0 bridgehead atoms. The third-order valence-corrected chi connectivity index (χ3v) is 10.2. The molecule has 230 valence electrons. The van der Waals surface area contributed by atoms with Crippen molar-refractivity contribution in [2.45, 2.75) is 0 Å². The van der Waals surface area contributed by atoms with Crippen LogP contribution in [-0.2, 0) is 0 Å². The zero-order valence-electron chi connectivity index (χ0n) is 26.5. The summed E-state index contributed by atoms with van der Waals surface area (Å²) in [6.07, 6.45) is 3.68. The minimum atomic E-state index is 0.691. The molecule has 0 fully saturated rings. The molecule has 0 spiro atoms. The van der Waals surface area contributed by atoms with Crippen molar-refractivity contribution in [3.63, 3.8) is 0 Å². The molecule has 9 aromatic rings. The fraction of sp³-hybridized carbons (Fsp3) is 0. The Bertz CT molecular complexity index is 2460. The van der Waals surface area contributed by atoms with E-state index in [1.807, 2.05) is 29.7 Å². The van der Waals surface area contributed by atoms with Crippen molar-refractivity contribution in [1.29, 1.82) is 0 Å². The Morgan fingerprint density at radius 2 is 0.857 bits per heavy atom. The van der Waals surface area contributed by atoms with Crippen LogP contribution in [0.1, 0.15) is 0 Å². The fourth-order valence-electron chi connectivity index (χ4n) is 6.42. The Balaban J connectivity index is 1.10. The minimum Gasteiger partial charge on any atom is -0.264 e. The van der Waals surface area contributed by atoms with Crippen LogP contribution in [0.4, 0.5) is 0 Å². The zero-order valence-corrected chi connectivity index (χ0v) is 27.3. The molecule has 0 aliphatic heterocycles. The maximum atomic E-state index is 5.12. The summed E-state index contributed by atoms with van der Waals surface area (Å²) in [4.78, 5) is 14.5. The van der Waals surface area contributed by atoms with Crippen molar-refractivity contribution in [2.24, 2.45) is 0 Å². The van der Waals surface area contributed by atoms with Gasteiger partial charge in [-0.2, -0.15) is 0 Å². The molecule has 3 nitrogen and oxygen atoms in total. The van der Waals surface area contributed by atoms with E-state index in [9.17, 15) is 0 Å². The summed E-state index contributed by atoms with van der Waals surface area (Å²) >= 11 is 1.85. The smallest absolute Gasteiger partial charge is 0.160 e. The highest BCUT2D eigenvalue weighted by Gasteiger charge is 2.13. The predicted molar refractivity (Wildman–Crippen MR) is 205 cm³/mol. The lowest BCUT2D eigenvalue weighted by Crippen LogP contribution is -1.96. The van der Waals surface area contributed by atoms with Gasteiger partial charge in [0.05, 0.1) is 11.4 Å². The van der Waals surface area contributed by atoms with E-state index in [4.69, 9.17) is 9.97 Å². The van der Waals surface area contributed by atoms with Gasteiger partial charge in [-0.25, -0.2) is 9.97 Å². The molecule has 0 saturated carbocycles. The lowest BCUT2D eigenvalue weighted by Gasteiger charge is -2.11. The van der Waals surface area contributed by atoms with Gasteiger partial charge in [0.2, 0.25) is 0 Å². The first kappa shape index (κ1) is 29.0. The summed E-state index contributed by atoms with van der Waals surface area (Å²) < 4.78 is 2.63. The molecular weight excluding hydrogens is 615 g/mol. The maximum absolute atomic E-state index is 5.12. The van der Waals surface area contributed by atoms with Crippen LogP contribution in [0.15, 0.2) is 176 Å². The molecule has 0 atom stereocenters. The van der Waals surface area contributed by atoms with Gasteiger partial charge in [0, 0.05) is 49.3 Å². The molecule has 9 rings (SSSR count). The number of nitrogens with zero attached hydrogens (tertiary/aromatic N) is 3. The Kier molecular flexibility index (Phi) is 7.34. The number of benzene rings is 6. The quantitative estimate of drug-likeness (QED) is 0.181. The van der Waals surface area contributed by atoms with E-state index >= 15 is 0 Å². The number of fused-ring (bicyclic) bond motifs is 3. The van der Waals surface area contributed by atoms with Crippen LogP contribution in [0.5, 0.6) is 0 Å². The monoisotopic (exact) mass is 643 g/mol. The standard InChI is InChI=1S/C45H29N3S/c1-2-7-30(8-3-1)31-12-18-34(19-13-31)41-28-42(48-45(47-41)36-22-16-33(17-23-36)38-9-6-26-46-29-38)35-20-14-32(15-21-35)37-24-25-44-40(27-37)39-10-4-5-11-43(39)49-44/h1-29H. The number of thiophene rings is 1. The molecular formula is C45H29N3S. The molecule has 0 N–H and O–H groups in total. The van der Waals surface area contributed by atoms with Crippen LogP contribution in [0.3, 0.4) is 0 Å². The highest BCUT2D eigenvalue weighted by atomic mass is 32.1. The van der Waals surface area contributed by atoms with Gasteiger partial charge in [0.15, 0.2) is 5.82 Å². The van der Waals surface area contributed by atoms with Crippen LogP contribution in [0.25, 0.3) is 87.5 Å². The summed E-state index contributed by atoms with van der Waals surface area (Å²) in [5.41, 5.74) is 11.8. The fourth-order valence-corrected chi connectivity index (χ4v) is 7.51. The van der Waals surface area contributed by atoms with Crippen LogP contribution < -0.4 is 0 Å².